The van der Waals surface area contributed by atoms with Crippen LogP contribution in [0.25, 0.3) is 0 Å². The number of aliphatic hydroxyl groups is 1. The molecule has 1 N–H and O–H groups in total. The topological polar surface area (TPSA) is 20.2 Å². The summed E-state index contributed by atoms with van der Waals surface area (Å²) in [6.07, 6.45) is 6.12. The predicted octanol–water partition coefficient (Wildman–Crippen LogP) is 3.61. The highest BCUT2D eigenvalue weighted by atomic mass is 16.3. The van der Waals surface area contributed by atoms with E-state index in [0.29, 0.717) is 11.3 Å². The molecule has 0 aliphatic heterocycles. The smallest absolute Gasteiger partial charge is 0.0737 e. The number of hydrogen-bond donors (Lipinski definition) is 1. The van der Waals surface area contributed by atoms with Crippen LogP contribution in [-0.4, -0.2) is 10.7 Å². The second kappa shape index (κ2) is 2.85. The molecule has 0 aromatic rings. The van der Waals surface area contributed by atoms with Crippen molar-refractivity contribution in [3.63, 3.8) is 0 Å². The van der Waals surface area contributed by atoms with Crippen LogP contribution in [0.1, 0.15) is 59.8 Å². The minimum atomic E-state index is -0.341. The van der Waals surface area contributed by atoms with Crippen molar-refractivity contribution in [3.05, 3.63) is 0 Å². The number of rotatable bonds is 0. The molecule has 3 aliphatic carbocycles. The van der Waals surface area contributed by atoms with E-state index >= 15 is 0 Å². The highest BCUT2D eigenvalue weighted by Crippen LogP contribution is 2.71. The van der Waals surface area contributed by atoms with E-state index in [0.717, 1.165) is 18.3 Å². The van der Waals surface area contributed by atoms with Gasteiger partial charge in [-0.25, -0.2) is 0 Å². The molecule has 4 bridgehead atoms. The molecule has 0 amide bonds. The van der Waals surface area contributed by atoms with Crippen molar-refractivity contribution in [3.8, 4) is 0 Å². The van der Waals surface area contributed by atoms with Gasteiger partial charge in [0.15, 0.2) is 0 Å². The normalized spacial score (nSPS) is 58.7. The van der Waals surface area contributed by atoms with Gasteiger partial charge in [0.2, 0.25) is 0 Å². The van der Waals surface area contributed by atoms with E-state index < -0.39 is 0 Å². The summed E-state index contributed by atoms with van der Waals surface area (Å²) in [5.41, 5.74) is 0.211. The molecule has 0 saturated heterocycles. The van der Waals surface area contributed by atoms with Crippen LogP contribution >= 0.6 is 0 Å². The summed E-state index contributed by atoms with van der Waals surface area (Å²) in [4.78, 5) is 0. The molecule has 0 heterocycles. The molecule has 0 spiro atoms. The van der Waals surface area contributed by atoms with Crippen LogP contribution in [0.15, 0.2) is 0 Å². The molecule has 0 unspecified atom stereocenters. The molecule has 5 atom stereocenters. The van der Waals surface area contributed by atoms with Crippen molar-refractivity contribution in [2.24, 2.45) is 28.6 Å². The Morgan fingerprint density at radius 2 is 1.75 bits per heavy atom. The van der Waals surface area contributed by atoms with Gasteiger partial charge in [-0.05, 0) is 60.7 Å². The summed E-state index contributed by atoms with van der Waals surface area (Å²) >= 11 is 0. The van der Waals surface area contributed by atoms with Gasteiger partial charge in [-0.3, -0.25) is 0 Å². The molecule has 3 rings (SSSR count). The Hall–Kier alpha value is -0.0400. The first-order valence-electron chi connectivity index (χ1n) is 7.03. The van der Waals surface area contributed by atoms with E-state index in [1.165, 1.54) is 25.7 Å². The van der Waals surface area contributed by atoms with Gasteiger partial charge in [0, 0.05) is 0 Å². The lowest BCUT2D eigenvalue weighted by Crippen LogP contribution is -2.57. The van der Waals surface area contributed by atoms with Gasteiger partial charge in [-0.2, -0.15) is 0 Å². The fourth-order valence-corrected chi connectivity index (χ4v) is 5.91. The highest BCUT2D eigenvalue weighted by Gasteiger charge is 2.69. The van der Waals surface area contributed by atoms with E-state index in [1.807, 2.05) is 0 Å². The van der Waals surface area contributed by atoms with Crippen molar-refractivity contribution >= 4 is 0 Å². The molecule has 0 aromatic carbocycles. The molecule has 92 valence electrons. The standard InChI is InChI=1S/C15H26O/c1-10-5-8-15(16)12-11(10)6-7-14(15,4)9-13(12,2)3/h10-12,16H,5-9H2,1-4H3/t10-,11-,12-,14-,15+/m1/s1. The first-order chi connectivity index (χ1) is 7.30. The van der Waals surface area contributed by atoms with E-state index in [1.54, 1.807) is 0 Å². The summed E-state index contributed by atoms with van der Waals surface area (Å²) in [5.74, 6) is 2.17. The van der Waals surface area contributed by atoms with Crippen molar-refractivity contribution in [1.29, 1.82) is 0 Å². The third kappa shape index (κ3) is 1.06. The van der Waals surface area contributed by atoms with E-state index in [4.69, 9.17) is 0 Å². The van der Waals surface area contributed by atoms with Gasteiger partial charge in [-0.1, -0.05) is 27.7 Å². The molecule has 0 aromatic heterocycles. The summed E-state index contributed by atoms with van der Waals surface area (Å²) in [5, 5.41) is 11.2. The zero-order valence-electron chi connectivity index (χ0n) is 11.2. The maximum absolute atomic E-state index is 11.2. The van der Waals surface area contributed by atoms with Crippen LogP contribution in [0, 0.1) is 28.6 Å². The third-order valence-corrected chi connectivity index (χ3v) is 6.42. The first-order valence-corrected chi connectivity index (χ1v) is 7.03. The van der Waals surface area contributed by atoms with Crippen LogP contribution < -0.4 is 0 Å². The van der Waals surface area contributed by atoms with E-state index in [-0.39, 0.29) is 11.0 Å². The minimum absolute atomic E-state index is 0.206. The van der Waals surface area contributed by atoms with Gasteiger partial charge < -0.3 is 5.11 Å². The van der Waals surface area contributed by atoms with Crippen molar-refractivity contribution in [2.45, 2.75) is 65.4 Å². The van der Waals surface area contributed by atoms with E-state index in [2.05, 4.69) is 27.7 Å². The molecule has 1 heteroatoms. The Morgan fingerprint density at radius 1 is 1.06 bits per heavy atom. The fraction of sp³-hybridized carbons (Fsp3) is 1.00. The largest absolute Gasteiger partial charge is 0.389 e. The molecule has 3 fully saturated rings. The predicted molar refractivity (Wildman–Crippen MR) is 66.1 cm³/mol. The Morgan fingerprint density at radius 3 is 2.44 bits per heavy atom. The summed E-state index contributed by atoms with van der Waals surface area (Å²) in [6.45, 7) is 9.54. The fourth-order valence-electron chi connectivity index (χ4n) is 5.91. The van der Waals surface area contributed by atoms with Gasteiger partial charge in [0.05, 0.1) is 5.60 Å². The van der Waals surface area contributed by atoms with Gasteiger partial charge in [0.25, 0.3) is 0 Å². The maximum atomic E-state index is 11.2. The Labute approximate surface area is 99.6 Å². The summed E-state index contributed by atoms with van der Waals surface area (Å²) < 4.78 is 0. The zero-order valence-corrected chi connectivity index (χ0v) is 11.2. The second-order valence-corrected chi connectivity index (χ2v) is 7.85. The van der Waals surface area contributed by atoms with Crippen LogP contribution in [0.5, 0.6) is 0 Å². The van der Waals surface area contributed by atoms with Gasteiger partial charge in [-0.15, -0.1) is 0 Å². The Kier molecular flexibility index (Phi) is 1.98. The van der Waals surface area contributed by atoms with E-state index in [9.17, 15) is 5.11 Å². The lowest BCUT2D eigenvalue weighted by atomic mass is 9.52. The second-order valence-electron chi connectivity index (χ2n) is 7.85. The minimum Gasteiger partial charge on any atom is -0.389 e. The molecule has 1 nitrogen and oxygen atoms in total. The SMILES string of the molecule is C[C@@H]1CC[C@]2(O)[C@@H]3[C@@H]1CC[C@]2(C)CC3(C)C. The molecular weight excluding hydrogens is 196 g/mol. The quantitative estimate of drug-likeness (QED) is 0.664. The molecule has 3 aliphatic rings. The summed E-state index contributed by atoms with van der Waals surface area (Å²) in [7, 11) is 0. The number of hydrogen-bond acceptors (Lipinski definition) is 1. The maximum Gasteiger partial charge on any atom is 0.0737 e. The van der Waals surface area contributed by atoms with Crippen molar-refractivity contribution in [2.75, 3.05) is 0 Å². The van der Waals surface area contributed by atoms with Crippen LogP contribution in [-0.2, 0) is 0 Å². The zero-order chi connectivity index (χ0) is 11.8. The monoisotopic (exact) mass is 222 g/mol. The van der Waals surface area contributed by atoms with Crippen molar-refractivity contribution < 1.29 is 5.11 Å². The average molecular weight is 222 g/mol. The van der Waals surface area contributed by atoms with Gasteiger partial charge >= 0.3 is 0 Å². The lowest BCUT2D eigenvalue weighted by molar-refractivity contribution is -0.174. The molecular formula is C15H26O. The molecule has 3 saturated carbocycles. The third-order valence-electron chi connectivity index (χ3n) is 6.42. The molecule has 0 radical (unpaired) electrons. The van der Waals surface area contributed by atoms with Gasteiger partial charge in [0.1, 0.15) is 0 Å². The molecule has 16 heavy (non-hydrogen) atoms. The average Bonchev–Trinajstić information content (AvgIpc) is 2.28. The van der Waals surface area contributed by atoms with Crippen molar-refractivity contribution in [1.82, 2.24) is 0 Å². The summed E-state index contributed by atoms with van der Waals surface area (Å²) in [6, 6.07) is 0. The van der Waals surface area contributed by atoms with Crippen LogP contribution in [0.4, 0.5) is 0 Å². The Bertz CT molecular complexity index is 321. The lowest BCUT2D eigenvalue weighted by Gasteiger charge is -2.56. The Balaban J connectivity index is 2.11. The highest BCUT2D eigenvalue weighted by molar-refractivity contribution is 5.19. The van der Waals surface area contributed by atoms with Crippen LogP contribution in [0.2, 0.25) is 0 Å². The first kappa shape index (κ1) is 11.1. The van der Waals surface area contributed by atoms with Crippen LogP contribution in [0.3, 0.4) is 0 Å².